The number of rotatable bonds is 2. The zero-order valence-electron chi connectivity index (χ0n) is 7.59. The molecule has 72 valence electrons. The van der Waals surface area contributed by atoms with Crippen LogP contribution in [0, 0.1) is 0 Å². The molecular formula is C11H11NO2. The standard InChI is InChI=1S/C11H11NO2/c12-11-10(7-4-8-13-11)14-9-5-2-1-3-6-9/h1-8,11H,12H2. The number of hydrogen-bond donors (Lipinski definition) is 1. The number of benzene rings is 1. The topological polar surface area (TPSA) is 44.5 Å². The molecule has 1 heterocycles. The van der Waals surface area contributed by atoms with E-state index in [0.29, 0.717) is 5.76 Å². The zero-order valence-corrected chi connectivity index (χ0v) is 7.59. The number of ether oxygens (including phenoxy) is 2. The highest BCUT2D eigenvalue weighted by Crippen LogP contribution is 2.16. The molecule has 1 aromatic carbocycles. The zero-order chi connectivity index (χ0) is 9.80. The van der Waals surface area contributed by atoms with Gasteiger partial charge in [0.05, 0.1) is 6.26 Å². The summed E-state index contributed by atoms with van der Waals surface area (Å²) in [4.78, 5) is 0. The Morgan fingerprint density at radius 1 is 1.21 bits per heavy atom. The molecule has 0 aromatic heterocycles. The summed E-state index contributed by atoms with van der Waals surface area (Å²) in [7, 11) is 0. The Bertz CT molecular complexity index is 357. The van der Waals surface area contributed by atoms with E-state index in [2.05, 4.69) is 0 Å². The van der Waals surface area contributed by atoms with Gasteiger partial charge in [-0.3, -0.25) is 5.73 Å². The van der Waals surface area contributed by atoms with Crippen molar-refractivity contribution in [3.05, 3.63) is 54.5 Å². The number of allylic oxidation sites excluding steroid dienone is 2. The maximum atomic E-state index is 5.66. The molecule has 0 radical (unpaired) electrons. The third kappa shape index (κ3) is 1.95. The lowest BCUT2D eigenvalue weighted by molar-refractivity contribution is 0.136. The summed E-state index contributed by atoms with van der Waals surface area (Å²) < 4.78 is 10.6. The van der Waals surface area contributed by atoms with Crippen LogP contribution in [0.5, 0.6) is 5.75 Å². The Morgan fingerprint density at radius 2 is 2.00 bits per heavy atom. The van der Waals surface area contributed by atoms with E-state index in [4.69, 9.17) is 15.2 Å². The fraction of sp³-hybridized carbons (Fsp3) is 0.0909. The summed E-state index contributed by atoms with van der Waals surface area (Å²) in [5.41, 5.74) is 5.66. The average molecular weight is 189 g/mol. The van der Waals surface area contributed by atoms with Gasteiger partial charge in [0, 0.05) is 0 Å². The Labute approximate surface area is 82.4 Å². The van der Waals surface area contributed by atoms with Gasteiger partial charge in [0.15, 0.2) is 5.76 Å². The van der Waals surface area contributed by atoms with E-state index in [9.17, 15) is 0 Å². The number of para-hydroxylation sites is 1. The van der Waals surface area contributed by atoms with Crippen LogP contribution >= 0.6 is 0 Å². The minimum absolute atomic E-state index is 0.514. The normalized spacial score (nSPS) is 19.8. The molecule has 1 aliphatic heterocycles. The third-order valence-electron chi connectivity index (χ3n) is 1.82. The van der Waals surface area contributed by atoms with Crippen LogP contribution in [0.4, 0.5) is 0 Å². The molecule has 2 rings (SSSR count). The first-order valence-electron chi connectivity index (χ1n) is 4.37. The fourth-order valence-corrected chi connectivity index (χ4v) is 1.14. The second-order valence-corrected chi connectivity index (χ2v) is 2.87. The molecule has 0 fully saturated rings. The summed E-state index contributed by atoms with van der Waals surface area (Å²) >= 11 is 0. The van der Waals surface area contributed by atoms with Gasteiger partial charge in [-0.15, -0.1) is 0 Å². The lowest BCUT2D eigenvalue weighted by Crippen LogP contribution is -2.28. The van der Waals surface area contributed by atoms with Crippen LogP contribution in [0.15, 0.2) is 54.5 Å². The van der Waals surface area contributed by atoms with Crippen molar-refractivity contribution in [2.24, 2.45) is 5.73 Å². The summed E-state index contributed by atoms with van der Waals surface area (Å²) in [6, 6.07) is 9.47. The second kappa shape index (κ2) is 3.98. The largest absolute Gasteiger partial charge is 0.476 e. The smallest absolute Gasteiger partial charge is 0.205 e. The van der Waals surface area contributed by atoms with E-state index in [0.717, 1.165) is 5.75 Å². The first-order valence-corrected chi connectivity index (χ1v) is 4.37. The Kier molecular flexibility index (Phi) is 2.51. The summed E-state index contributed by atoms with van der Waals surface area (Å²) in [6.07, 6.45) is 4.57. The van der Waals surface area contributed by atoms with Crippen molar-refractivity contribution in [1.29, 1.82) is 0 Å². The highest BCUT2D eigenvalue weighted by Gasteiger charge is 2.13. The molecule has 2 N–H and O–H groups in total. The molecule has 0 bridgehead atoms. The van der Waals surface area contributed by atoms with E-state index < -0.39 is 6.23 Å². The molecule has 1 unspecified atom stereocenters. The molecule has 0 saturated carbocycles. The van der Waals surface area contributed by atoms with Crippen molar-refractivity contribution >= 4 is 0 Å². The van der Waals surface area contributed by atoms with Crippen molar-refractivity contribution in [1.82, 2.24) is 0 Å². The number of nitrogens with two attached hydrogens (primary N) is 1. The van der Waals surface area contributed by atoms with Crippen molar-refractivity contribution in [3.63, 3.8) is 0 Å². The molecule has 3 nitrogen and oxygen atoms in total. The maximum absolute atomic E-state index is 5.66. The molecule has 0 saturated heterocycles. The molecule has 0 spiro atoms. The van der Waals surface area contributed by atoms with Gasteiger partial charge in [-0.1, -0.05) is 18.2 Å². The van der Waals surface area contributed by atoms with Gasteiger partial charge in [0.2, 0.25) is 6.23 Å². The molecule has 1 aliphatic rings. The van der Waals surface area contributed by atoms with Crippen molar-refractivity contribution < 1.29 is 9.47 Å². The summed E-state index contributed by atoms with van der Waals surface area (Å²) in [5.74, 6) is 1.37. The molecule has 14 heavy (non-hydrogen) atoms. The minimum atomic E-state index is -0.514. The second-order valence-electron chi connectivity index (χ2n) is 2.87. The van der Waals surface area contributed by atoms with Crippen LogP contribution in [0.2, 0.25) is 0 Å². The van der Waals surface area contributed by atoms with Gasteiger partial charge < -0.3 is 9.47 Å². The monoisotopic (exact) mass is 189 g/mol. The van der Waals surface area contributed by atoms with Gasteiger partial charge in [-0.25, -0.2) is 0 Å². The van der Waals surface area contributed by atoms with Gasteiger partial charge in [-0.05, 0) is 24.3 Å². The van der Waals surface area contributed by atoms with Crippen LogP contribution in [-0.2, 0) is 4.74 Å². The molecule has 0 amide bonds. The molecule has 1 aromatic rings. The highest BCUT2D eigenvalue weighted by molar-refractivity contribution is 5.25. The van der Waals surface area contributed by atoms with Crippen LogP contribution in [-0.4, -0.2) is 6.23 Å². The van der Waals surface area contributed by atoms with E-state index >= 15 is 0 Å². The maximum Gasteiger partial charge on any atom is 0.205 e. The average Bonchev–Trinajstić information content (AvgIpc) is 2.23. The summed E-state index contributed by atoms with van der Waals surface area (Å²) in [6.45, 7) is 0. The number of hydrogen-bond acceptors (Lipinski definition) is 3. The highest BCUT2D eigenvalue weighted by atomic mass is 16.5. The lowest BCUT2D eigenvalue weighted by atomic mass is 10.3. The first-order chi connectivity index (χ1) is 6.86. The minimum Gasteiger partial charge on any atom is -0.476 e. The van der Waals surface area contributed by atoms with Gasteiger partial charge >= 0.3 is 0 Å². The molecule has 1 atom stereocenters. The fourth-order valence-electron chi connectivity index (χ4n) is 1.14. The lowest BCUT2D eigenvalue weighted by Gasteiger charge is -2.18. The van der Waals surface area contributed by atoms with Gasteiger partial charge in [0.25, 0.3) is 0 Å². The Balaban J connectivity index is 2.11. The molecule has 3 heteroatoms. The van der Waals surface area contributed by atoms with Gasteiger partial charge in [-0.2, -0.15) is 0 Å². The SMILES string of the molecule is NC1OC=CC=C1Oc1ccccc1. The van der Waals surface area contributed by atoms with Crippen LogP contribution < -0.4 is 10.5 Å². The van der Waals surface area contributed by atoms with Crippen LogP contribution in [0.1, 0.15) is 0 Å². The summed E-state index contributed by atoms with van der Waals surface area (Å²) in [5, 5.41) is 0. The van der Waals surface area contributed by atoms with Gasteiger partial charge in [0.1, 0.15) is 5.75 Å². The van der Waals surface area contributed by atoms with E-state index in [1.807, 2.05) is 30.3 Å². The van der Waals surface area contributed by atoms with Crippen molar-refractivity contribution in [2.45, 2.75) is 6.23 Å². The Hall–Kier alpha value is -1.74. The quantitative estimate of drug-likeness (QED) is 0.771. The van der Waals surface area contributed by atoms with E-state index in [1.165, 1.54) is 0 Å². The van der Waals surface area contributed by atoms with E-state index in [-0.39, 0.29) is 0 Å². The third-order valence-corrected chi connectivity index (χ3v) is 1.82. The predicted molar refractivity (Wildman–Crippen MR) is 53.4 cm³/mol. The van der Waals surface area contributed by atoms with Crippen LogP contribution in [0.25, 0.3) is 0 Å². The molecule has 0 aliphatic carbocycles. The predicted octanol–water partition coefficient (Wildman–Crippen LogP) is 1.78. The van der Waals surface area contributed by atoms with E-state index in [1.54, 1.807) is 18.4 Å². The van der Waals surface area contributed by atoms with Crippen LogP contribution in [0.3, 0.4) is 0 Å². The van der Waals surface area contributed by atoms with Crippen molar-refractivity contribution in [3.8, 4) is 5.75 Å². The van der Waals surface area contributed by atoms with Crippen molar-refractivity contribution in [2.75, 3.05) is 0 Å². The first kappa shape index (κ1) is 8.84. The Morgan fingerprint density at radius 3 is 2.71 bits per heavy atom. The molecular weight excluding hydrogens is 178 g/mol.